The van der Waals surface area contributed by atoms with Gasteiger partial charge in [-0.05, 0) is 49.3 Å². The molecule has 0 spiro atoms. The number of rotatable bonds is 3. The van der Waals surface area contributed by atoms with Gasteiger partial charge in [-0.25, -0.2) is 0 Å². The molecule has 0 saturated heterocycles. The lowest BCUT2D eigenvalue weighted by Crippen LogP contribution is -2.24. The van der Waals surface area contributed by atoms with Crippen molar-refractivity contribution in [2.45, 2.75) is 31.5 Å². The number of nitrogens with zero attached hydrogens (tertiary/aromatic N) is 1. The molecule has 0 amide bonds. The molecule has 2 fully saturated rings. The predicted molar refractivity (Wildman–Crippen MR) is 65.4 cm³/mol. The number of nitrogens with one attached hydrogen (secondary N) is 1. The van der Waals surface area contributed by atoms with Crippen molar-refractivity contribution >= 4 is 0 Å². The van der Waals surface area contributed by atoms with Crippen LogP contribution in [0.5, 0.6) is 0 Å². The first-order valence-corrected chi connectivity index (χ1v) is 6.72. The van der Waals surface area contributed by atoms with Gasteiger partial charge in [0.1, 0.15) is 0 Å². The Kier molecular flexibility index (Phi) is 3.04. The van der Waals surface area contributed by atoms with Crippen LogP contribution < -0.4 is 5.32 Å². The monoisotopic (exact) mass is 270 g/mol. The molecular weight excluding hydrogens is 253 g/mol. The van der Waals surface area contributed by atoms with E-state index in [1.54, 1.807) is 7.05 Å². The maximum absolute atomic E-state index is 13.1. The van der Waals surface area contributed by atoms with Crippen LogP contribution in [0.3, 0.4) is 0 Å². The van der Waals surface area contributed by atoms with E-state index < -0.39 is 11.7 Å². The number of hydrogen-bond donors (Lipinski definition) is 1. The smallest absolute Gasteiger partial charge is 0.313 e. The van der Waals surface area contributed by atoms with E-state index in [0.717, 1.165) is 18.9 Å². The van der Waals surface area contributed by atoms with Crippen molar-refractivity contribution in [3.63, 3.8) is 0 Å². The van der Waals surface area contributed by atoms with Crippen molar-refractivity contribution in [1.82, 2.24) is 10.3 Å². The molecule has 5 heteroatoms. The summed E-state index contributed by atoms with van der Waals surface area (Å²) in [6, 6.07) is 0.860. The lowest BCUT2D eigenvalue weighted by atomic mass is 9.94. The maximum atomic E-state index is 13.1. The van der Waals surface area contributed by atoms with Crippen LogP contribution in [0.15, 0.2) is 18.5 Å². The Labute approximate surface area is 110 Å². The van der Waals surface area contributed by atoms with Gasteiger partial charge in [0.2, 0.25) is 0 Å². The molecule has 1 aromatic heterocycles. The Balaban J connectivity index is 1.92. The molecule has 19 heavy (non-hydrogen) atoms. The van der Waals surface area contributed by atoms with Crippen molar-refractivity contribution in [3.05, 3.63) is 29.6 Å². The lowest BCUT2D eigenvalue weighted by molar-refractivity contribution is -0.138. The molecule has 0 radical (unpaired) electrons. The van der Waals surface area contributed by atoms with Gasteiger partial charge in [0.05, 0.1) is 5.56 Å². The van der Waals surface area contributed by atoms with Crippen LogP contribution in [-0.4, -0.2) is 12.0 Å². The third kappa shape index (κ3) is 2.14. The van der Waals surface area contributed by atoms with E-state index in [1.807, 2.05) is 0 Å². The molecule has 1 heterocycles. The number of hydrogen-bond acceptors (Lipinski definition) is 2. The molecule has 2 nitrogen and oxygen atoms in total. The number of pyridine rings is 1. The molecule has 2 saturated carbocycles. The third-order valence-electron chi connectivity index (χ3n) is 4.66. The quantitative estimate of drug-likeness (QED) is 0.910. The normalized spacial score (nSPS) is 31.1. The highest BCUT2D eigenvalue weighted by Gasteiger charge is 2.56. The van der Waals surface area contributed by atoms with Gasteiger partial charge in [0.25, 0.3) is 0 Å². The zero-order valence-corrected chi connectivity index (χ0v) is 10.7. The van der Waals surface area contributed by atoms with E-state index >= 15 is 0 Å². The lowest BCUT2D eigenvalue weighted by Gasteiger charge is -2.22. The third-order valence-corrected chi connectivity index (χ3v) is 4.66. The minimum absolute atomic E-state index is 0.222. The summed E-state index contributed by atoms with van der Waals surface area (Å²) < 4.78 is 39.2. The van der Waals surface area contributed by atoms with Crippen molar-refractivity contribution in [2.75, 3.05) is 7.05 Å². The van der Waals surface area contributed by atoms with Gasteiger partial charge in [-0.15, -0.1) is 0 Å². The van der Waals surface area contributed by atoms with Crippen LogP contribution >= 0.6 is 0 Å². The summed E-state index contributed by atoms with van der Waals surface area (Å²) in [5.41, 5.74) is -0.247. The van der Waals surface area contributed by atoms with Gasteiger partial charge in [-0.1, -0.05) is 6.42 Å². The zero-order chi connectivity index (χ0) is 13.6. The summed E-state index contributed by atoms with van der Waals surface area (Å²) in [4.78, 5) is 3.89. The molecule has 0 aliphatic heterocycles. The Hall–Kier alpha value is -1.10. The van der Waals surface area contributed by atoms with E-state index in [1.165, 1.54) is 18.8 Å². The van der Waals surface area contributed by atoms with E-state index in [9.17, 15) is 13.2 Å². The number of aromatic nitrogens is 1. The summed E-state index contributed by atoms with van der Waals surface area (Å²) >= 11 is 0. The van der Waals surface area contributed by atoms with Gasteiger partial charge in [-0.2, -0.15) is 13.2 Å². The average Bonchev–Trinajstić information content (AvgIpc) is 2.84. The number of halogens is 3. The highest BCUT2D eigenvalue weighted by atomic mass is 19.4. The molecule has 0 bridgehead atoms. The summed E-state index contributed by atoms with van der Waals surface area (Å²) in [6.45, 7) is 0. The summed E-state index contributed by atoms with van der Waals surface area (Å²) in [5.74, 6) is 1.57. The van der Waals surface area contributed by atoms with Crippen LogP contribution in [-0.2, 0) is 6.18 Å². The van der Waals surface area contributed by atoms with Crippen LogP contribution in [0.1, 0.15) is 36.4 Å². The number of alkyl halides is 3. The Morgan fingerprint density at radius 1 is 1.32 bits per heavy atom. The first kappa shape index (κ1) is 12.9. The summed E-state index contributed by atoms with van der Waals surface area (Å²) in [5, 5.41) is 3.08. The van der Waals surface area contributed by atoms with Crippen LogP contribution in [0, 0.1) is 17.8 Å². The fourth-order valence-electron chi connectivity index (χ4n) is 3.84. The first-order chi connectivity index (χ1) is 9.04. The zero-order valence-electron chi connectivity index (χ0n) is 10.7. The minimum Gasteiger partial charge on any atom is -0.313 e. The topological polar surface area (TPSA) is 24.9 Å². The summed E-state index contributed by atoms with van der Waals surface area (Å²) in [7, 11) is 1.74. The van der Waals surface area contributed by atoms with Crippen molar-refractivity contribution < 1.29 is 13.2 Å². The van der Waals surface area contributed by atoms with Crippen molar-refractivity contribution in [2.24, 2.45) is 17.8 Å². The van der Waals surface area contributed by atoms with Gasteiger partial charge in [-0.3, -0.25) is 4.98 Å². The Bertz CT molecular complexity index is 462. The first-order valence-electron chi connectivity index (χ1n) is 6.72. The molecule has 3 unspecified atom stereocenters. The molecule has 2 aliphatic rings. The van der Waals surface area contributed by atoms with E-state index in [2.05, 4.69) is 10.3 Å². The van der Waals surface area contributed by atoms with Crippen LogP contribution in [0.25, 0.3) is 0 Å². The van der Waals surface area contributed by atoms with Crippen molar-refractivity contribution in [3.8, 4) is 0 Å². The molecule has 2 aliphatic carbocycles. The highest BCUT2D eigenvalue weighted by Crippen LogP contribution is 2.62. The average molecular weight is 270 g/mol. The van der Waals surface area contributed by atoms with E-state index in [-0.39, 0.29) is 6.04 Å². The SMILES string of the molecule is CNC(c1cnccc1C(F)(F)F)C1C2CCCC21. The van der Waals surface area contributed by atoms with Gasteiger partial charge >= 0.3 is 6.18 Å². The number of fused-ring (bicyclic) bond motifs is 1. The second-order valence-electron chi connectivity index (χ2n) is 5.56. The Morgan fingerprint density at radius 2 is 2.00 bits per heavy atom. The molecule has 3 rings (SSSR count). The second-order valence-corrected chi connectivity index (χ2v) is 5.56. The molecule has 1 aromatic rings. The molecule has 0 aromatic carbocycles. The summed E-state index contributed by atoms with van der Waals surface area (Å²) in [6.07, 6.45) is 1.83. The predicted octanol–water partition coefficient (Wildman–Crippen LogP) is 3.41. The van der Waals surface area contributed by atoms with Crippen LogP contribution in [0.4, 0.5) is 13.2 Å². The fourth-order valence-corrected chi connectivity index (χ4v) is 3.84. The minimum atomic E-state index is -4.31. The van der Waals surface area contributed by atoms with Gasteiger partial charge in [0, 0.05) is 18.4 Å². The van der Waals surface area contributed by atoms with E-state index in [0.29, 0.717) is 23.3 Å². The van der Waals surface area contributed by atoms with Crippen molar-refractivity contribution in [1.29, 1.82) is 0 Å². The molecule has 104 valence electrons. The van der Waals surface area contributed by atoms with Crippen LogP contribution in [0.2, 0.25) is 0 Å². The fraction of sp³-hybridized carbons (Fsp3) is 0.643. The van der Waals surface area contributed by atoms with E-state index in [4.69, 9.17) is 0 Å². The maximum Gasteiger partial charge on any atom is 0.416 e. The second kappa shape index (κ2) is 4.47. The van der Waals surface area contributed by atoms with Gasteiger partial charge < -0.3 is 5.32 Å². The molecule has 3 atom stereocenters. The Morgan fingerprint density at radius 3 is 2.58 bits per heavy atom. The molecule has 1 N–H and O–H groups in total. The standard InChI is InChI=1S/C14H17F3N2/c1-18-13(12-8-3-2-4-9(8)12)10-7-19-6-5-11(10)14(15,16)17/h5-9,12-13,18H,2-4H2,1H3. The van der Waals surface area contributed by atoms with Gasteiger partial charge in [0.15, 0.2) is 0 Å². The highest BCUT2D eigenvalue weighted by molar-refractivity contribution is 5.32. The largest absolute Gasteiger partial charge is 0.416 e. The molecular formula is C14H17F3N2.